The second-order valence-electron chi connectivity index (χ2n) is 9.05. The average Bonchev–Trinajstić information content (AvgIpc) is 3.46. The zero-order valence-electron chi connectivity index (χ0n) is 19.4. The monoisotopic (exact) mass is 475 g/mol. The van der Waals surface area contributed by atoms with Crippen molar-refractivity contribution in [2.75, 3.05) is 25.6 Å². The summed E-state index contributed by atoms with van der Waals surface area (Å²) in [5, 5.41) is 16.0. The highest BCUT2D eigenvalue weighted by Crippen LogP contribution is 2.66. The Balaban J connectivity index is 1.68. The van der Waals surface area contributed by atoms with E-state index in [2.05, 4.69) is 10.6 Å². The number of carbonyl (C=O) groups excluding carboxylic acids is 3. The number of aliphatic hydroxyl groups excluding tert-OH is 1. The zero-order chi connectivity index (χ0) is 23.8. The molecule has 3 aliphatic rings. The first kappa shape index (κ1) is 23.9. The number of fused-ring (bicyclic) bond motifs is 1. The number of amides is 3. The molecule has 3 aliphatic heterocycles. The molecule has 33 heavy (non-hydrogen) atoms. The third-order valence-electron chi connectivity index (χ3n) is 7.27. The van der Waals surface area contributed by atoms with Gasteiger partial charge >= 0.3 is 0 Å². The summed E-state index contributed by atoms with van der Waals surface area (Å²) in [6.07, 6.45) is 2.85. The summed E-state index contributed by atoms with van der Waals surface area (Å²) in [6.45, 7) is 4.24. The van der Waals surface area contributed by atoms with Crippen molar-refractivity contribution in [3.05, 3.63) is 24.3 Å². The van der Waals surface area contributed by atoms with Crippen LogP contribution in [0.4, 0.5) is 5.69 Å². The normalized spacial score (nSPS) is 30.8. The van der Waals surface area contributed by atoms with Crippen molar-refractivity contribution >= 4 is 35.2 Å². The van der Waals surface area contributed by atoms with Crippen LogP contribution in [0.3, 0.4) is 0 Å². The first-order valence-corrected chi connectivity index (χ1v) is 12.6. The molecule has 1 aromatic carbocycles. The van der Waals surface area contributed by atoms with Gasteiger partial charge in [0.1, 0.15) is 11.8 Å². The van der Waals surface area contributed by atoms with Gasteiger partial charge in [0.25, 0.3) is 0 Å². The van der Waals surface area contributed by atoms with E-state index in [0.717, 1.165) is 12.8 Å². The first-order valence-electron chi connectivity index (χ1n) is 11.7. The van der Waals surface area contributed by atoms with Crippen LogP contribution in [0.5, 0.6) is 5.75 Å². The molecule has 3 saturated heterocycles. The van der Waals surface area contributed by atoms with Crippen molar-refractivity contribution in [3.8, 4) is 5.75 Å². The Morgan fingerprint density at radius 3 is 2.61 bits per heavy atom. The van der Waals surface area contributed by atoms with Crippen LogP contribution in [0, 0.1) is 11.8 Å². The van der Waals surface area contributed by atoms with Gasteiger partial charge in [0.2, 0.25) is 17.7 Å². The molecule has 0 radical (unpaired) electrons. The lowest BCUT2D eigenvalue weighted by Gasteiger charge is -2.36. The van der Waals surface area contributed by atoms with E-state index in [1.54, 1.807) is 48.0 Å². The molecule has 3 N–H and O–H groups in total. The van der Waals surface area contributed by atoms with Gasteiger partial charge in [0, 0.05) is 17.5 Å². The molecule has 4 rings (SSSR count). The van der Waals surface area contributed by atoms with Crippen LogP contribution in [0.25, 0.3) is 0 Å². The van der Waals surface area contributed by atoms with E-state index in [0.29, 0.717) is 30.8 Å². The van der Waals surface area contributed by atoms with Crippen molar-refractivity contribution in [2.24, 2.45) is 11.8 Å². The minimum Gasteiger partial charge on any atom is -0.497 e. The molecule has 8 nitrogen and oxygen atoms in total. The van der Waals surface area contributed by atoms with Crippen molar-refractivity contribution < 1.29 is 24.2 Å². The highest BCUT2D eigenvalue weighted by atomic mass is 32.2. The van der Waals surface area contributed by atoms with E-state index in [4.69, 9.17) is 4.74 Å². The Kier molecular flexibility index (Phi) is 6.91. The Morgan fingerprint density at radius 2 is 2.00 bits per heavy atom. The minimum atomic E-state index is -0.742. The molecule has 6 atom stereocenters. The Hall–Kier alpha value is -2.26. The summed E-state index contributed by atoms with van der Waals surface area (Å²) in [4.78, 5) is 42.1. The molecule has 2 unspecified atom stereocenters. The van der Waals surface area contributed by atoms with E-state index in [9.17, 15) is 19.5 Å². The van der Waals surface area contributed by atoms with Crippen LogP contribution in [0.1, 0.15) is 39.5 Å². The summed E-state index contributed by atoms with van der Waals surface area (Å²) in [5.74, 6) is -0.863. The van der Waals surface area contributed by atoms with Gasteiger partial charge in [0.05, 0.1) is 36.3 Å². The molecule has 3 heterocycles. The molecule has 0 aliphatic carbocycles. The maximum absolute atomic E-state index is 13.8. The number of hydrogen-bond donors (Lipinski definition) is 3. The van der Waals surface area contributed by atoms with Crippen molar-refractivity contribution in [3.63, 3.8) is 0 Å². The lowest BCUT2D eigenvalue weighted by Crippen LogP contribution is -2.54. The van der Waals surface area contributed by atoms with Crippen molar-refractivity contribution in [1.82, 2.24) is 10.2 Å². The zero-order valence-corrected chi connectivity index (χ0v) is 20.2. The number of aliphatic hydroxyl groups is 1. The lowest BCUT2D eigenvalue weighted by molar-refractivity contribution is -0.142. The fourth-order valence-corrected chi connectivity index (χ4v) is 7.95. The molecular weight excluding hydrogens is 442 g/mol. The second kappa shape index (κ2) is 9.54. The number of nitrogens with one attached hydrogen (secondary N) is 2. The van der Waals surface area contributed by atoms with Crippen LogP contribution in [-0.4, -0.2) is 70.1 Å². The fourth-order valence-electron chi connectivity index (χ4n) is 5.75. The van der Waals surface area contributed by atoms with Crippen LogP contribution >= 0.6 is 11.8 Å². The largest absolute Gasteiger partial charge is 0.497 e. The molecule has 180 valence electrons. The number of methoxy groups -OCH3 is 1. The number of benzene rings is 1. The van der Waals surface area contributed by atoms with Gasteiger partial charge in [-0.1, -0.05) is 13.8 Å². The Morgan fingerprint density at radius 1 is 1.27 bits per heavy atom. The van der Waals surface area contributed by atoms with E-state index in [1.807, 2.05) is 13.8 Å². The number of ether oxygens (including phenoxy) is 1. The van der Waals surface area contributed by atoms with E-state index in [1.165, 1.54) is 0 Å². The van der Waals surface area contributed by atoms with Gasteiger partial charge in [-0.3, -0.25) is 14.4 Å². The molecule has 1 aromatic rings. The minimum absolute atomic E-state index is 0.0310. The molecule has 9 heteroatoms. The highest BCUT2D eigenvalue weighted by Gasteiger charge is 2.74. The van der Waals surface area contributed by atoms with Crippen LogP contribution in [0.15, 0.2) is 24.3 Å². The standard InChI is InChI=1S/C24H33N3O5S/c1-4-12-25-21(29)18-17-10-11-24(33-17)19(18)23(31)27(15(5-2)13-28)20(24)22(30)26-14-6-8-16(32-3)9-7-14/h6-9,15,17-20,28H,4-5,10-13H2,1-3H3,(H,25,29)(H,26,30)/t15-,17-,18+,19-,20?,24?/m0/s1. The average molecular weight is 476 g/mol. The number of carbonyl (C=O) groups is 3. The van der Waals surface area contributed by atoms with E-state index < -0.39 is 28.7 Å². The van der Waals surface area contributed by atoms with Crippen LogP contribution in [-0.2, 0) is 14.4 Å². The third-order valence-corrected chi connectivity index (χ3v) is 9.22. The smallest absolute Gasteiger partial charge is 0.248 e. The number of rotatable bonds is 9. The number of thioether (sulfide) groups is 1. The quantitative estimate of drug-likeness (QED) is 0.504. The molecule has 0 saturated carbocycles. The van der Waals surface area contributed by atoms with Gasteiger partial charge in [-0.25, -0.2) is 0 Å². The van der Waals surface area contributed by atoms with Crippen molar-refractivity contribution in [2.45, 2.75) is 61.6 Å². The SMILES string of the molecule is CCCNC(=O)[C@@H]1[C@@H]2CCC3(S2)C(C(=O)Nc2ccc(OC)cc2)N([C@@H](CC)CO)C(=O)[C@H]13. The predicted octanol–water partition coefficient (Wildman–Crippen LogP) is 2.02. The summed E-state index contributed by atoms with van der Waals surface area (Å²) in [5.41, 5.74) is 0.611. The summed E-state index contributed by atoms with van der Waals surface area (Å²) < 4.78 is 4.53. The predicted molar refractivity (Wildman–Crippen MR) is 127 cm³/mol. The van der Waals surface area contributed by atoms with Gasteiger partial charge in [-0.2, -0.15) is 0 Å². The topological polar surface area (TPSA) is 108 Å². The maximum Gasteiger partial charge on any atom is 0.248 e. The van der Waals surface area contributed by atoms with Crippen LogP contribution < -0.4 is 15.4 Å². The Labute approximate surface area is 198 Å². The summed E-state index contributed by atoms with van der Waals surface area (Å²) >= 11 is 1.63. The van der Waals surface area contributed by atoms with E-state index in [-0.39, 0.29) is 29.6 Å². The van der Waals surface area contributed by atoms with E-state index >= 15 is 0 Å². The number of anilines is 1. The van der Waals surface area contributed by atoms with Gasteiger partial charge in [-0.05, 0) is 49.9 Å². The van der Waals surface area contributed by atoms with Gasteiger partial charge in [0.15, 0.2) is 0 Å². The maximum atomic E-state index is 13.8. The lowest BCUT2D eigenvalue weighted by atomic mass is 9.70. The molecule has 3 fully saturated rings. The molecule has 3 amide bonds. The summed E-state index contributed by atoms with van der Waals surface area (Å²) in [7, 11) is 1.58. The number of nitrogens with zero attached hydrogens (tertiary/aromatic N) is 1. The molecule has 1 spiro atoms. The molecule has 0 aromatic heterocycles. The molecule has 2 bridgehead atoms. The first-order chi connectivity index (χ1) is 15.9. The van der Waals surface area contributed by atoms with Gasteiger partial charge in [-0.15, -0.1) is 11.8 Å². The number of likely N-dealkylation sites (tertiary alicyclic amines) is 1. The third kappa shape index (κ3) is 3.89. The Bertz CT molecular complexity index is 906. The number of hydrogen-bond acceptors (Lipinski definition) is 6. The highest BCUT2D eigenvalue weighted by molar-refractivity contribution is 8.02. The molecular formula is C24H33N3O5S. The van der Waals surface area contributed by atoms with Gasteiger partial charge < -0.3 is 25.4 Å². The fraction of sp³-hybridized carbons (Fsp3) is 0.625. The summed E-state index contributed by atoms with van der Waals surface area (Å²) in [6, 6.07) is 5.84. The van der Waals surface area contributed by atoms with Crippen molar-refractivity contribution in [1.29, 1.82) is 0 Å². The van der Waals surface area contributed by atoms with Crippen LogP contribution in [0.2, 0.25) is 0 Å². The second-order valence-corrected chi connectivity index (χ2v) is 10.7.